The van der Waals surface area contributed by atoms with E-state index in [-0.39, 0.29) is 12.5 Å². The summed E-state index contributed by atoms with van der Waals surface area (Å²) >= 11 is 0. The maximum Gasteiger partial charge on any atom is 0.416 e. The summed E-state index contributed by atoms with van der Waals surface area (Å²) in [5, 5.41) is 4.46. The summed E-state index contributed by atoms with van der Waals surface area (Å²) in [5.41, 5.74) is 0.899. The molecule has 0 N–H and O–H groups in total. The summed E-state index contributed by atoms with van der Waals surface area (Å²) in [4.78, 5) is 31.4. The highest BCUT2D eigenvalue weighted by atomic mass is 19.4. The average molecular weight is 511 g/mol. The van der Waals surface area contributed by atoms with Crippen molar-refractivity contribution in [2.24, 2.45) is 0 Å². The van der Waals surface area contributed by atoms with Crippen LogP contribution in [0.25, 0.3) is 16.8 Å². The summed E-state index contributed by atoms with van der Waals surface area (Å²) in [6.07, 6.45) is -1.09. The summed E-state index contributed by atoms with van der Waals surface area (Å²) in [5.74, 6) is -0.887. The second-order valence-corrected chi connectivity index (χ2v) is 8.93. The lowest BCUT2D eigenvalue weighted by Gasteiger charge is -2.33. The lowest BCUT2D eigenvalue weighted by atomic mass is 9.78. The minimum Gasteiger partial charge on any atom is -0.468 e. The minimum atomic E-state index is -4.44. The van der Waals surface area contributed by atoms with Crippen LogP contribution in [0.15, 0.2) is 73.1 Å². The molecule has 0 unspecified atom stereocenters. The number of carbonyl (C=O) groups excluding carboxylic acids is 2. The quantitative estimate of drug-likeness (QED) is 0.341. The van der Waals surface area contributed by atoms with Gasteiger partial charge in [0, 0.05) is 18.8 Å². The largest absolute Gasteiger partial charge is 0.468 e. The van der Waals surface area contributed by atoms with Gasteiger partial charge in [0.05, 0.1) is 30.0 Å². The molecular formula is C27H25F3N4O3. The van der Waals surface area contributed by atoms with Crippen molar-refractivity contribution in [2.75, 3.05) is 20.7 Å². The van der Waals surface area contributed by atoms with Crippen LogP contribution in [0.2, 0.25) is 0 Å². The molecule has 0 radical (unpaired) electrons. The van der Waals surface area contributed by atoms with Gasteiger partial charge in [-0.05, 0) is 42.7 Å². The SMILES string of the molecule is COC(=O)CN(C)C(=O)[C@](C)(Cc1ccccc1)c1ccnc2c(-c3ccc(C(F)(F)F)cc3)cnn12. The topological polar surface area (TPSA) is 76.8 Å². The van der Waals surface area contributed by atoms with E-state index in [0.717, 1.165) is 17.7 Å². The number of esters is 1. The van der Waals surface area contributed by atoms with Gasteiger partial charge in [0.25, 0.3) is 0 Å². The number of alkyl halides is 3. The molecule has 7 nitrogen and oxygen atoms in total. The summed E-state index contributed by atoms with van der Waals surface area (Å²) in [6.45, 7) is 1.54. The number of benzene rings is 2. The zero-order chi connectivity index (χ0) is 26.8. The van der Waals surface area contributed by atoms with Gasteiger partial charge >= 0.3 is 12.1 Å². The zero-order valence-corrected chi connectivity index (χ0v) is 20.5. The lowest BCUT2D eigenvalue weighted by Crippen LogP contribution is -2.47. The number of rotatable bonds is 7. The van der Waals surface area contributed by atoms with Crippen LogP contribution in [0.5, 0.6) is 0 Å². The van der Waals surface area contributed by atoms with Crippen molar-refractivity contribution in [2.45, 2.75) is 24.9 Å². The van der Waals surface area contributed by atoms with Crippen molar-refractivity contribution in [3.05, 3.63) is 89.9 Å². The Morgan fingerprint density at radius 1 is 1.03 bits per heavy atom. The van der Waals surface area contributed by atoms with Crippen LogP contribution < -0.4 is 0 Å². The van der Waals surface area contributed by atoms with Crippen LogP contribution in [-0.2, 0) is 32.3 Å². The molecule has 192 valence electrons. The second-order valence-electron chi connectivity index (χ2n) is 8.93. The number of hydrogen-bond acceptors (Lipinski definition) is 5. The molecule has 2 aromatic carbocycles. The number of methoxy groups -OCH3 is 1. The summed E-state index contributed by atoms with van der Waals surface area (Å²) < 4.78 is 45.3. The fourth-order valence-electron chi connectivity index (χ4n) is 4.38. The highest BCUT2D eigenvalue weighted by Gasteiger charge is 2.40. The number of amides is 1. The molecule has 4 rings (SSSR count). The van der Waals surface area contributed by atoms with Crippen LogP contribution in [0.1, 0.15) is 23.7 Å². The van der Waals surface area contributed by atoms with Gasteiger partial charge in [0.15, 0.2) is 5.65 Å². The highest BCUT2D eigenvalue weighted by Crippen LogP contribution is 2.34. The van der Waals surface area contributed by atoms with E-state index in [0.29, 0.717) is 28.9 Å². The van der Waals surface area contributed by atoms with Gasteiger partial charge in [-0.3, -0.25) is 9.59 Å². The average Bonchev–Trinajstić information content (AvgIpc) is 3.32. The maximum absolute atomic E-state index is 13.8. The van der Waals surface area contributed by atoms with Crippen molar-refractivity contribution in [3.63, 3.8) is 0 Å². The van der Waals surface area contributed by atoms with Crippen LogP contribution in [0.3, 0.4) is 0 Å². The fraction of sp³-hybridized carbons (Fsp3) is 0.259. The first kappa shape index (κ1) is 25.9. The van der Waals surface area contributed by atoms with Crippen LogP contribution in [0, 0.1) is 0 Å². The Balaban J connectivity index is 1.81. The van der Waals surface area contributed by atoms with E-state index in [1.807, 2.05) is 30.3 Å². The number of hydrogen-bond donors (Lipinski definition) is 0. The molecule has 1 amide bonds. The predicted molar refractivity (Wildman–Crippen MR) is 131 cm³/mol. The highest BCUT2D eigenvalue weighted by molar-refractivity contribution is 5.90. The lowest BCUT2D eigenvalue weighted by molar-refractivity contribution is -0.148. The van der Waals surface area contributed by atoms with E-state index < -0.39 is 23.1 Å². The molecule has 0 saturated heterocycles. The van der Waals surface area contributed by atoms with Gasteiger partial charge in [-0.1, -0.05) is 42.5 Å². The molecule has 2 aromatic heterocycles. The Kier molecular flexibility index (Phi) is 7.02. The third-order valence-electron chi connectivity index (χ3n) is 6.30. The predicted octanol–water partition coefficient (Wildman–Crippen LogP) is 4.55. The Hall–Kier alpha value is -4.21. The zero-order valence-electron chi connectivity index (χ0n) is 20.5. The molecular weight excluding hydrogens is 485 g/mol. The van der Waals surface area contributed by atoms with Crippen molar-refractivity contribution in [1.82, 2.24) is 19.5 Å². The van der Waals surface area contributed by atoms with Crippen molar-refractivity contribution < 1.29 is 27.5 Å². The first-order valence-corrected chi connectivity index (χ1v) is 11.4. The van der Waals surface area contributed by atoms with E-state index in [1.165, 1.54) is 48.1 Å². The molecule has 0 aliphatic heterocycles. The maximum atomic E-state index is 13.8. The van der Waals surface area contributed by atoms with Gasteiger partial charge in [-0.25, -0.2) is 9.50 Å². The van der Waals surface area contributed by atoms with Crippen LogP contribution >= 0.6 is 0 Å². The molecule has 37 heavy (non-hydrogen) atoms. The smallest absolute Gasteiger partial charge is 0.416 e. The van der Waals surface area contributed by atoms with Gasteiger partial charge in [-0.15, -0.1) is 0 Å². The van der Waals surface area contributed by atoms with Gasteiger partial charge in [-0.2, -0.15) is 18.3 Å². The van der Waals surface area contributed by atoms with Gasteiger partial charge in [0.1, 0.15) is 6.54 Å². The van der Waals surface area contributed by atoms with E-state index in [9.17, 15) is 22.8 Å². The monoisotopic (exact) mass is 510 g/mol. The molecule has 0 bridgehead atoms. The Morgan fingerprint density at radius 3 is 2.32 bits per heavy atom. The van der Waals surface area contributed by atoms with Crippen molar-refractivity contribution >= 4 is 17.5 Å². The Bertz CT molecular complexity index is 1420. The molecule has 4 aromatic rings. The van der Waals surface area contributed by atoms with Gasteiger partial charge < -0.3 is 9.64 Å². The number of carbonyl (C=O) groups is 2. The number of halogens is 3. The van der Waals surface area contributed by atoms with Crippen LogP contribution in [-0.4, -0.2) is 52.1 Å². The minimum absolute atomic E-state index is 0.232. The molecule has 0 aliphatic carbocycles. The second kappa shape index (κ2) is 10.0. The number of likely N-dealkylation sites (N-methyl/N-ethyl adjacent to an activating group) is 1. The van der Waals surface area contributed by atoms with E-state index in [1.54, 1.807) is 13.0 Å². The molecule has 10 heteroatoms. The third kappa shape index (κ3) is 5.18. The molecule has 2 heterocycles. The fourth-order valence-corrected chi connectivity index (χ4v) is 4.38. The van der Waals surface area contributed by atoms with E-state index >= 15 is 0 Å². The van der Waals surface area contributed by atoms with Gasteiger partial charge in [0.2, 0.25) is 5.91 Å². The number of ether oxygens (including phenoxy) is 1. The number of nitrogens with zero attached hydrogens (tertiary/aromatic N) is 4. The molecule has 0 fully saturated rings. The van der Waals surface area contributed by atoms with Crippen molar-refractivity contribution in [3.8, 4) is 11.1 Å². The normalized spacial score (nSPS) is 13.2. The summed E-state index contributed by atoms with van der Waals surface area (Å²) in [6, 6.07) is 15.9. The Morgan fingerprint density at radius 2 is 1.70 bits per heavy atom. The number of fused-ring (bicyclic) bond motifs is 1. The van der Waals surface area contributed by atoms with Crippen molar-refractivity contribution in [1.29, 1.82) is 0 Å². The molecule has 0 saturated carbocycles. The molecule has 0 spiro atoms. The molecule has 1 atom stereocenters. The standard InChI is InChI=1S/C27H25F3N4O3/c1-26(15-18-7-5-4-6-8-18,25(36)33(2)17-23(35)37-3)22-13-14-31-24-21(16-32-34(22)24)19-9-11-20(12-10-19)27(28,29)30/h4-14,16H,15,17H2,1-3H3/t26-/m1/s1. The molecule has 0 aliphatic rings. The summed E-state index contributed by atoms with van der Waals surface area (Å²) in [7, 11) is 2.78. The number of aromatic nitrogens is 3. The van der Waals surface area contributed by atoms with E-state index in [4.69, 9.17) is 4.74 Å². The first-order chi connectivity index (χ1) is 17.5. The third-order valence-corrected chi connectivity index (χ3v) is 6.30. The Labute approximate surface area is 211 Å². The first-order valence-electron chi connectivity index (χ1n) is 11.4. The van der Waals surface area contributed by atoms with E-state index in [2.05, 4.69) is 10.1 Å². The van der Waals surface area contributed by atoms with Crippen LogP contribution in [0.4, 0.5) is 13.2 Å².